The summed E-state index contributed by atoms with van der Waals surface area (Å²) in [4.78, 5) is 34.1. The molecule has 0 saturated carbocycles. The minimum Gasteiger partial charge on any atom is -0.497 e. The summed E-state index contributed by atoms with van der Waals surface area (Å²) in [5, 5.41) is 4.97. The molecule has 2 aromatic heterocycles. The minimum absolute atomic E-state index is 0.150. The third-order valence-electron chi connectivity index (χ3n) is 5.70. The molecule has 2 heterocycles. The minimum atomic E-state index is -0.857. The molecule has 7 heteroatoms. The highest BCUT2D eigenvalue weighted by Crippen LogP contribution is 2.31. The van der Waals surface area contributed by atoms with Crippen LogP contribution in [0.5, 0.6) is 5.75 Å². The summed E-state index contributed by atoms with van der Waals surface area (Å²) in [5.41, 5.74) is 3.24. The molecule has 0 spiro atoms. The van der Waals surface area contributed by atoms with Gasteiger partial charge in [0.25, 0.3) is 0 Å². The number of hydrogen-bond donors (Lipinski definition) is 1. The fourth-order valence-electron chi connectivity index (χ4n) is 3.89. The van der Waals surface area contributed by atoms with Crippen LogP contribution in [0.15, 0.2) is 90.6 Å². The van der Waals surface area contributed by atoms with E-state index < -0.39 is 6.04 Å². The Bertz CT molecular complexity index is 1260. The molecule has 1 N–H and O–H groups in total. The van der Waals surface area contributed by atoms with Crippen molar-refractivity contribution in [1.29, 1.82) is 0 Å². The molecule has 2 aromatic carbocycles. The standard InChI is InChI=1S/C28H27N3O3S/c1-20-6-3-4-8-25(20)31(26(32)18-24-7-5-17-35-24)27(22-13-15-29-16-14-22)28(33)30-19-21-9-11-23(34-2)12-10-21/h3-17,27H,18-19H2,1-2H3,(H,30,33)/t27-/m0/s1. The first-order chi connectivity index (χ1) is 17.1. The van der Waals surface area contributed by atoms with Gasteiger partial charge in [0.15, 0.2) is 0 Å². The van der Waals surface area contributed by atoms with Crippen molar-refractivity contribution in [2.45, 2.75) is 25.9 Å². The van der Waals surface area contributed by atoms with Crippen molar-refractivity contribution in [3.05, 3.63) is 112 Å². The number of ether oxygens (including phenoxy) is 1. The molecule has 0 aliphatic rings. The van der Waals surface area contributed by atoms with E-state index in [0.29, 0.717) is 17.8 Å². The molecule has 0 unspecified atom stereocenters. The smallest absolute Gasteiger partial charge is 0.248 e. The van der Waals surface area contributed by atoms with Gasteiger partial charge < -0.3 is 10.1 Å². The molecule has 4 rings (SSSR count). The van der Waals surface area contributed by atoms with Crippen molar-refractivity contribution < 1.29 is 14.3 Å². The van der Waals surface area contributed by atoms with E-state index in [2.05, 4.69) is 10.3 Å². The van der Waals surface area contributed by atoms with E-state index in [1.54, 1.807) is 36.5 Å². The maximum Gasteiger partial charge on any atom is 0.248 e. The summed E-state index contributed by atoms with van der Waals surface area (Å²) in [6, 6.07) is 21.7. The van der Waals surface area contributed by atoms with E-state index in [4.69, 9.17) is 4.74 Å². The highest BCUT2D eigenvalue weighted by molar-refractivity contribution is 7.10. The number of methoxy groups -OCH3 is 1. The van der Waals surface area contributed by atoms with Crippen LogP contribution >= 0.6 is 11.3 Å². The number of aromatic nitrogens is 1. The first kappa shape index (κ1) is 24.2. The van der Waals surface area contributed by atoms with Gasteiger partial charge in [-0.25, -0.2) is 0 Å². The largest absolute Gasteiger partial charge is 0.497 e. The molecular formula is C28H27N3O3S. The van der Waals surface area contributed by atoms with Crippen molar-refractivity contribution >= 4 is 28.8 Å². The SMILES string of the molecule is COc1ccc(CNC(=O)[C@H](c2ccncc2)N(C(=O)Cc2cccs2)c2ccccc2C)cc1. The fourth-order valence-corrected chi connectivity index (χ4v) is 4.59. The Morgan fingerprint density at radius 2 is 1.74 bits per heavy atom. The Balaban J connectivity index is 1.69. The quantitative estimate of drug-likeness (QED) is 0.358. The monoisotopic (exact) mass is 485 g/mol. The molecule has 2 amide bonds. The summed E-state index contributed by atoms with van der Waals surface area (Å²) >= 11 is 1.53. The Kier molecular flexibility index (Phi) is 7.90. The van der Waals surface area contributed by atoms with Crippen LogP contribution in [-0.4, -0.2) is 23.9 Å². The number of pyridine rings is 1. The third-order valence-corrected chi connectivity index (χ3v) is 6.58. The van der Waals surface area contributed by atoms with Crippen LogP contribution in [0.4, 0.5) is 5.69 Å². The summed E-state index contributed by atoms with van der Waals surface area (Å²) in [6.07, 6.45) is 3.48. The molecule has 0 saturated heterocycles. The molecule has 0 fully saturated rings. The topological polar surface area (TPSA) is 71.5 Å². The first-order valence-corrected chi connectivity index (χ1v) is 12.2. The molecule has 0 radical (unpaired) electrons. The molecule has 0 aliphatic heterocycles. The molecule has 0 bridgehead atoms. The van der Waals surface area contributed by atoms with Gasteiger partial charge in [0, 0.05) is 29.5 Å². The number of anilines is 1. The van der Waals surface area contributed by atoms with E-state index in [1.165, 1.54) is 11.3 Å². The average molecular weight is 486 g/mol. The van der Waals surface area contributed by atoms with E-state index in [-0.39, 0.29) is 18.2 Å². The second-order valence-corrected chi connectivity index (χ2v) is 9.09. The van der Waals surface area contributed by atoms with E-state index in [9.17, 15) is 9.59 Å². The molecule has 0 aliphatic carbocycles. The summed E-state index contributed by atoms with van der Waals surface area (Å²) in [7, 11) is 1.61. The van der Waals surface area contributed by atoms with Crippen molar-refractivity contribution in [2.75, 3.05) is 12.0 Å². The second kappa shape index (κ2) is 11.4. The summed E-state index contributed by atoms with van der Waals surface area (Å²) < 4.78 is 5.22. The average Bonchev–Trinajstić information content (AvgIpc) is 3.40. The first-order valence-electron chi connectivity index (χ1n) is 11.3. The number of nitrogens with zero attached hydrogens (tertiary/aromatic N) is 2. The van der Waals surface area contributed by atoms with Gasteiger partial charge >= 0.3 is 0 Å². The van der Waals surface area contributed by atoms with Gasteiger partial charge in [-0.2, -0.15) is 0 Å². The lowest BCUT2D eigenvalue weighted by Crippen LogP contribution is -2.44. The van der Waals surface area contributed by atoms with Crippen LogP contribution in [0.2, 0.25) is 0 Å². The van der Waals surface area contributed by atoms with Crippen molar-refractivity contribution in [1.82, 2.24) is 10.3 Å². The molecule has 1 atom stereocenters. The molecule has 178 valence electrons. The van der Waals surface area contributed by atoms with Gasteiger partial charge in [0.05, 0.1) is 13.5 Å². The summed E-state index contributed by atoms with van der Waals surface area (Å²) in [6.45, 7) is 2.27. The van der Waals surface area contributed by atoms with Gasteiger partial charge in [-0.1, -0.05) is 36.4 Å². The lowest BCUT2D eigenvalue weighted by atomic mass is 10.0. The summed E-state index contributed by atoms with van der Waals surface area (Å²) in [5.74, 6) is 0.331. The number of benzene rings is 2. The van der Waals surface area contributed by atoms with Gasteiger partial charge in [-0.15, -0.1) is 11.3 Å². The van der Waals surface area contributed by atoms with Crippen LogP contribution in [-0.2, 0) is 22.6 Å². The number of thiophene rings is 1. The number of amides is 2. The Hall–Kier alpha value is -3.97. The molecule has 6 nitrogen and oxygen atoms in total. The third kappa shape index (κ3) is 5.94. The zero-order valence-electron chi connectivity index (χ0n) is 19.7. The molecule has 35 heavy (non-hydrogen) atoms. The zero-order valence-corrected chi connectivity index (χ0v) is 20.5. The Morgan fingerprint density at radius 1 is 1.00 bits per heavy atom. The number of carbonyl (C=O) groups is 2. The fraction of sp³-hybridized carbons (Fsp3) is 0.179. The maximum absolute atomic E-state index is 13.8. The number of aryl methyl sites for hydroxylation is 1. The maximum atomic E-state index is 13.8. The molecular weight excluding hydrogens is 458 g/mol. The Morgan fingerprint density at radius 3 is 2.40 bits per heavy atom. The van der Waals surface area contributed by atoms with Crippen LogP contribution in [0.1, 0.15) is 27.6 Å². The van der Waals surface area contributed by atoms with Crippen molar-refractivity contribution in [3.63, 3.8) is 0 Å². The van der Waals surface area contributed by atoms with Crippen molar-refractivity contribution in [2.24, 2.45) is 0 Å². The second-order valence-electron chi connectivity index (χ2n) is 8.06. The van der Waals surface area contributed by atoms with Gasteiger partial charge in [0.2, 0.25) is 11.8 Å². The van der Waals surface area contributed by atoms with Crippen LogP contribution < -0.4 is 15.0 Å². The normalized spacial score (nSPS) is 11.5. The van der Waals surface area contributed by atoms with Crippen LogP contribution in [0.3, 0.4) is 0 Å². The van der Waals surface area contributed by atoms with Gasteiger partial charge in [-0.05, 0) is 65.4 Å². The predicted octanol–water partition coefficient (Wildman–Crippen LogP) is 5.09. The number of carbonyl (C=O) groups excluding carboxylic acids is 2. The van der Waals surface area contributed by atoms with E-state index in [1.807, 2.05) is 73.0 Å². The zero-order chi connectivity index (χ0) is 24.6. The highest BCUT2D eigenvalue weighted by atomic mass is 32.1. The van der Waals surface area contributed by atoms with Crippen molar-refractivity contribution in [3.8, 4) is 5.75 Å². The van der Waals surface area contributed by atoms with Gasteiger partial charge in [-0.3, -0.25) is 19.5 Å². The lowest BCUT2D eigenvalue weighted by Gasteiger charge is -2.32. The molecule has 4 aromatic rings. The Labute approximate surface area is 209 Å². The lowest BCUT2D eigenvalue weighted by molar-refractivity contribution is -0.126. The van der Waals surface area contributed by atoms with E-state index >= 15 is 0 Å². The van der Waals surface area contributed by atoms with E-state index in [0.717, 1.165) is 21.8 Å². The number of rotatable bonds is 9. The highest BCUT2D eigenvalue weighted by Gasteiger charge is 2.33. The number of para-hydroxylation sites is 1. The predicted molar refractivity (Wildman–Crippen MR) is 139 cm³/mol. The number of nitrogens with one attached hydrogen (secondary N) is 1. The van der Waals surface area contributed by atoms with Crippen LogP contribution in [0, 0.1) is 6.92 Å². The van der Waals surface area contributed by atoms with Crippen LogP contribution in [0.25, 0.3) is 0 Å². The van der Waals surface area contributed by atoms with Gasteiger partial charge in [0.1, 0.15) is 11.8 Å². The number of hydrogen-bond acceptors (Lipinski definition) is 5.